The Labute approximate surface area is 124 Å². The molecule has 1 atom stereocenters. The van der Waals surface area contributed by atoms with E-state index in [9.17, 15) is 8.42 Å². The van der Waals surface area contributed by atoms with E-state index >= 15 is 0 Å². The van der Waals surface area contributed by atoms with Crippen LogP contribution in [0.15, 0.2) is 30.3 Å². The summed E-state index contributed by atoms with van der Waals surface area (Å²) in [4.78, 5) is 4.13. The fourth-order valence-corrected chi connectivity index (χ4v) is 2.90. The number of nitrogens with one attached hydrogen (secondary N) is 2. The van der Waals surface area contributed by atoms with Gasteiger partial charge in [-0.3, -0.25) is 5.10 Å². The van der Waals surface area contributed by atoms with Gasteiger partial charge in [-0.05, 0) is 19.4 Å². The van der Waals surface area contributed by atoms with Gasteiger partial charge in [0, 0.05) is 13.6 Å². The van der Waals surface area contributed by atoms with Gasteiger partial charge in [0.1, 0.15) is 5.82 Å². The molecule has 2 aromatic rings. The van der Waals surface area contributed by atoms with Gasteiger partial charge < -0.3 is 0 Å². The van der Waals surface area contributed by atoms with E-state index in [0.29, 0.717) is 18.2 Å². The number of benzene rings is 1. The first-order valence-corrected chi connectivity index (χ1v) is 7.99. The van der Waals surface area contributed by atoms with E-state index in [1.807, 2.05) is 30.3 Å². The van der Waals surface area contributed by atoms with Crippen molar-refractivity contribution in [3.63, 3.8) is 0 Å². The molecule has 0 aliphatic rings. The summed E-state index contributed by atoms with van der Waals surface area (Å²) in [6.45, 7) is 3.77. The van der Waals surface area contributed by atoms with Gasteiger partial charge in [-0.2, -0.15) is 22.5 Å². The average molecular weight is 309 g/mol. The van der Waals surface area contributed by atoms with Crippen LogP contribution < -0.4 is 4.72 Å². The molecule has 0 aliphatic heterocycles. The van der Waals surface area contributed by atoms with Crippen molar-refractivity contribution in [2.45, 2.75) is 26.4 Å². The van der Waals surface area contributed by atoms with Gasteiger partial charge in [0.05, 0.1) is 6.04 Å². The number of hydrogen-bond donors (Lipinski definition) is 2. The van der Waals surface area contributed by atoms with Crippen molar-refractivity contribution >= 4 is 10.2 Å². The van der Waals surface area contributed by atoms with Crippen molar-refractivity contribution in [3.8, 4) is 0 Å². The highest BCUT2D eigenvalue weighted by atomic mass is 32.2. The van der Waals surface area contributed by atoms with Gasteiger partial charge >= 0.3 is 0 Å². The van der Waals surface area contributed by atoms with Crippen LogP contribution in [-0.4, -0.2) is 35.0 Å². The molecule has 114 valence electrons. The molecule has 0 unspecified atom stereocenters. The molecule has 0 radical (unpaired) electrons. The lowest BCUT2D eigenvalue weighted by Crippen LogP contribution is -2.39. The third-order valence-corrected chi connectivity index (χ3v) is 4.59. The number of hydrogen-bond acceptors (Lipinski definition) is 4. The Bertz CT molecular complexity index is 684. The molecule has 7 nitrogen and oxygen atoms in total. The van der Waals surface area contributed by atoms with Crippen LogP contribution in [0.25, 0.3) is 0 Å². The van der Waals surface area contributed by atoms with E-state index < -0.39 is 16.3 Å². The molecule has 0 fully saturated rings. The molecule has 0 amide bonds. The van der Waals surface area contributed by atoms with E-state index in [1.54, 1.807) is 13.8 Å². The van der Waals surface area contributed by atoms with E-state index in [-0.39, 0.29) is 0 Å². The van der Waals surface area contributed by atoms with Gasteiger partial charge in [0.2, 0.25) is 0 Å². The second kappa shape index (κ2) is 6.33. The van der Waals surface area contributed by atoms with Crippen LogP contribution >= 0.6 is 0 Å². The van der Waals surface area contributed by atoms with Crippen molar-refractivity contribution in [2.75, 3.05) is 7.05 Å². The topological polar surface area (TPSA) is 91.0 Å². The number of nitrogens with zero attached hydrogens (tertiary/aromatic N) is 3. The third-order valence-electron chi connectivity index (χ3n) is 2.99. The Morgan fingerprint density at radius 3 is 2.57 bits per heavy atom. The predicted molar refractivity (Wildman–Crippen MR) is 79.5 cm³/mol. The molecular weight excluding hydrogens is 290 g/mol. The highest BCUT2D eigenvalue weighted by molar-refractivity contribution is 7.87. The summed E-state index contributed by atoms with van der Waals surface area (Å²) < 4.78 is 28.4. The second-order valence-corrected chi connectivity index (χ2v) is 6.67. The van der Waals surface area contributed by atoms with Crippen LogP contribution in [0.2, 0.25) is 0 Å². The first-order valence-electron chi connectivity index (χ1n) is 6.55. The zero-order valence-electron chi connectivity index (χ0n) is 12.2. The highest BCUT2D eigenvalue weighted by Crippen LogP contribution is 2.11. The minimum absolute atomic E-state index is 0.302. The fraction of sp³-hybridized carbons (Fsp3) is 0.385. The number of aryl methyl sites for hydroxylation is 1. The summed E-state index contributed by atoms with van der Waals surface area (Å²) in [7, 11) is -2.07. The first kappa shape index (κ1) is 15.6. The highest BCUT2D eigenvalue weighted by Gasteiger charge is 2.23. The summed E-state index contributed by atoms with van der Waals surface area (Å²) in [6, 6.07) is 8.91. The maximum Gasteiger partial charge on any atom is 0.280 e. The molecule has 1 aromatic carbocycles. The normalized spacial score (nSPS) is 13.5. The maximum absolute atomic E-state index is 12.3. The molecular formula is C13H19N5O2S. The summed E-state index contributed by atoms with van der Waals surface area (Å²) >= 11 is 0. The lowest BCUT2D eigenvalue weighted by atomic mass is 10.2. The lowest BCUT2D eigenvalue weighted by molar-refractivity contribution is 0.445. The summed E-state index contributed by atoms with van der Waals surface area (Å²) in [5.41, 5.74) is 0.923. The van der Waals surface area contributed by atoms with Crippen LogP contribution in [0.5, 0.6) is 0 Å². The van der Waals surface area contributed by atoms with E-state index in [2.05, 4.69) is 19.9 Å². The minimum Gasteiger partial charge on any atom is -0.263 e. The molecule has 1 aromatic heterocycles. The molecule has 2 rings (SSSR count). The van der Waals surface area contributed by atoms with Crippen molar-refractivity contribution in [3.05, 3.63) is 47.5 Å². The average Bonchev–Trinajstić information content (AvgIpc) is 2.86. The van der Waals surface area contributed by atoms with E-state index in [4.69, 9.17) is 0 Å². The van der Waals surface area contributed by atoms with Crippen LogP contribution in [0.1, 0.15) is 30.2 Å². The van der Waals surface area contributed by atoms with E-state index in [0.717, 1.165) is 5.56 Å². The Kier molecular flexibility index (Phi) is 4.71. The summed E-state index contributed by atoms with van der Waals surface area (Å²) in [6.07, 6.45) is 0. The number of H-pyrrole nitrogens is 1. The Balaban J connectivity index is 2.04. The predicted octanol–water partition coefficient (Wildman–Crippen LogP) is 1.14. The summed E-state index contributed by atoms with van der Waals surface area (Å²) in [5.74, 6) is 1.07. The first-order chi connectivity index (χ1) is 9.88. The molecule has 0 spiro atoms. The summed E-state index contributed by atoms with van der Waals surface area (Å²) in [5, 5.41) is 6.66. The van der Waals surface area contributed by atoms with Gasteiger partial charge in [0.25, 0.3) is 10.2 Å². The van der Waals surface area contributed by atoms with Gasteiger partial charge in [-0.25, -0.2) is 4.98 Å². The zero-order valence-corrected chi connectivity index (χ0v) is 13.1. The zero-order chi connectivity index (χ0) is 15.5. The molecule has 2 N–H and O–H groups in total. The van der Waals surface area contributed by atoms with Crippen molar-refractivity contribution in [1.82, 2.24) is 24.2 Å². The Morgan fingerprint density at radius 2 is 2.00 bits per heavy atom. The molecule has 0 saturated heterocycles. The van der Waals surface area contributed by atoms with Crippen LogP contribution in [-0.2, 0) is 16.8 Å². The van der Waals surface area contributed by atoms with Gasteiger partial charge in [-0.1, -0.05) is 30.3 Å². The fourth-order valence-electron chi connectivity index (χ4n) is 1.85. The molecule has 8 heteroatoms. The lowest BCUT2D eigenvalue weighted by Gasteiger charge is -2.20. The number of rotatable bonds is 6. The third kappa shape index (κ3) is 4.10. The van der Waals surface area contributed by atoms with Crippen LogP contribution in [0, 0.1) is 6.92 Å². The van der Waals surface area contributed by atoms with Gasteiger partial charge in [0.15, 0.2) is 5.82 Å². The molecule has 21 heavy (non-hydrogen) atoms. The van der Waals surface area contributed by atoms with Crippen molar-refractivity contribution in [1.29, 1.82) is 0 Å². The van der Waals surface area contributed by atoms with Crippen molar-refractivity contribution in [2.24, 2.45) is 0 Å². The van der Waals surface area contributed by atoms with Crippen molar-refractivity contribution < 1.29 is 8.42 Å². The quantitative estimate of drug-likeness (QED) is 0.837. The van der Waals surface area contributed by atoms with Crippen LogP contribution in [0.3, 0.4) is 0 Å². The molecule has 0 aliphatic carbocycles. The molecule has 1 heterocycles. The van der Waals surface area contributed by atoms with Crippen LogP contribution in [0.4, 0.5) is 0 Å². The smallest absolute Gasteiger partial charge is 0.263 e. The standard InChI is InChI=1S/C13H19N5O2S/c1-10(13-14-11(2)15-16-13)17-21(19,20)18(3)9-12-7-5-4-6-8-12/h4-8,10,17H,9H2,1-3H3,(H,14,15,16)/t10-/m1/s1. The number of aromatic nitrogens is 3. The second-order valence-electron chi connectivity index (χ2n) is 4.87. The van der Waals surface area contributed by atoms with E-state index in [1.165, 1.54) is 11.4 Å². The molecule has 0 saturated carbocycles. The monoisotopic (exact) mass is 309 g/mol. The SMILES string of the molecule is Cc1nc([C@@H](C)NS(=O)(=O)N(C)Cc2ccccc2)n[nH]1. The number of aromatic amines is 1. The Hall–Kier alpha value is -1.77. The largest absolute Gasteiger partial charge is 0.280 e. The maximum atomic E-state index is 12.3. The Morgan fingerprint density at radius 1 is 1.33 bits per heavy atom. The minimum atomic E-state index is -3.61. The van der Waals surface area contributed by atoms with Gasteiger partial charge in [-0.15, -0.1) is 0 Å². The molecule has 0 bridgehead atoms.